The lowest BCUT2D eigenvalue weighted by Crippen LogP contribution is -2.50. The van der Waals surface area contributed by atoms with Gasteiger partial charge in [-0.1, -0.05) is 42.5 Å². The standard InChI is InChI=1S/C24H25N3O4S/c1-32-18-11-9-17(10-12-18)22-21-19(15-31-23(21)29)27(24(30)26-22)14-20(28)25-13-5-8-16-6-3-2-4-7-16/h2-4,6-7,9-12,22H,5,8,13-15H2,1H3,(H,25,28)(H,26,30). The normalized spacial score (nSPS) is 17.7. The molecule has 2 N–H and O–H groups in total. The van der Waals surface area contributed by atoms with Crippen LogP contribution in [0.15, 0.2) is 70.8 Å². The molecule has 0 saturated heterocycles. The van der Waals surface area contributed by atoms with Gasteiger partial charge in [-0.15, -0.1) is 11.8 Å². The number of amides is 3. The summed E-state index contributed by atoms with van der Waals surface area (Å²) in [6.07, 6.45) is 3.64. The number of ether oxygens (including phenoxy) is 1. The number of esters is 1. The van der Waals surface area contributed by atoms with Crippen LogP contribution in [0.1, 0.15) is 23.6 Å². The van der Waals surface area contributed by atoms with Crippen LogP contribution in [-0.4, -0.2) is 48.8 Å². The third-order valence-electron chi connectivity index (χ3n) is 5.56. The second kappa shape index (κ2) is 9.91. The SMILES string of the molecule is CSc1ccc(C2NC(=O)N(CC(=O)NCCCc3ccccc3)C3=C2C(=O)OC3)cc1. The fourth-order valence-electron chi connectivity index (χ4n) is 3.89. The zero-order valence-corrected chi connectivity index (χ0v) is 18.6. The molecule has 2 aromatic carbocycles. The largest absolute Gasteiger partial charge is 0.456 e. The van der Waals surface area contributed by atoms with Gasteiger partial charge >= 0.3 is 12.0 Å². The molecule has 32 heavy (non-hydrogen) atoms. The predicted octanol–water partition coefficient (Wildman–Crippen LogP) is 3.03. The number of nitrogens with one attached hydrogen (secondary N) is 2. The zero-order valence-electron chi connectivity index (χ0n) is 17.8. The topological polar surface area (TPSA) is 87.7 Å². The summed E-state index contributed by atoms with van der Waals surface area (Å²) in [6.45, 7) is 0.335. The summed E-state index contributed by atoms with van der Waals surface area (Å²) in [6, 6.07) is 16.7. The summed E-state index contributed by atoms with van der Waals surface area (Å²) in [7, 11) is 0. The Morgan fingerprint density at radius 3 is 2.62 bits per heavy atom. The van der Waals surface area contributed by atoms with Gasteiger partial charge < -0.3 is 15.4 Å². The molecule has 7 nitrogen and oxygen atoms in total. The van der Waals surface area contributed by atoms with E-state index in [1.165, 1.54) is 10.5 Å². The quantitative estimate of drug-likeness (QED) is 0.366. The fourth-order valence-corrected chi connectivity index (χ4v) is 4.30. The maximum atomic E-state index is 12.8. The monoisotopic (exact) mass is 451 g/mol. The first-order valence-electron chi connectivity index (χ1n) is 10.5. The van der Waals surface area contributed by atoms with E-state index in [-0.39, 0.29) is 19.1 Å². The molecule has 0 aliphatic carbocycles. The Hall–Kier alpha value is -3.26. The molecule has 1 atom stereocenters. The first kappa shape index (κ1) is 22.0. The third kappa shape index (κ3) is 4.80. The molecule has 1 unspecified atom stereocenters. The van der Waals surface area contributed by atoms with E-state index in [0.717, 1.165) is 23.3 Å². The van der Waals surface area contributed by atoms with Crippen molar-refractivity contribution >= 4 is 29.7 Å². The highest BCUT2D eigenvalue weighted by molar-refractivity contribution is 7.98. The van der Waals surface area contributed by atoms with Gasteiger partial charge in [-0.25, -0.2) is 9.59 Å². The van der Waals surface area contributed by atoms with E-state index >= 15 is 0 Å². The van der Waals surface area contributed by atoms with Gasteiger partial charge in [-0.2, -0.15) is 0 Å². The van der Waals surface area contributed by atoms with E-state index in [4.69, 9.17) is 4.74 Å². The van der Waals surface area contributed by atoms with Crippen molar-refractivity contribution in [3.05, 3.63) is 77.0 Å². The number of carbonyl (C=O) groups is 3. The van der Waals surface area contributed by atoms with Crippen LogP contribution in [-0.2, 0) is 20.7 Å². The van der Waals surface area contributed by atoms with Crippen molar-refractivity contribution < 1.29 is 19.1 Å². The molecule has 2 aliphatic rings. The molecule has 2 aromatic rings. The Kier molecular flexibility index (Phi) is 6.80. The summed E-state index contributed by atoms with van der Waals surface area (Å²) in [5.41, 5.74) is 2.85. The molecule has 2 aliphatic heterocycles. The zero-order chi connectivity index (χ0) is 22.5. The number of nitrogens with zero attached hydrogens (tertiary/aromatic N) is 1. The van der Waals surface area contributed by atoms with Gasteiger partial charge in [0.25, 0.3) is 0 Å². The van der Waals surface area contributed by atoms with Crippen LogP contribution in [0.3, 0.4) is 0 Å². The molecular formula is C24H25N3O4S. The van der Waals surface area contributed by atoms with E-state index in [1.54, 1.807) is 11.8 Å². The molecule has 0 fully saturated rings. The van der Waals surface area contributed by atoms with Gasteiger partial charge in [0.1, 0.15) is 13.2 Å². The van der Waals surface area contributed by atoms with Crippen LogP contribution in [0.2, 0.25) is 0 Å². The van der Waals surface area contributed by atoms with Gasteiger partial charge in [0.2, 0.25) is 5.91 Å². The summed E-state index contributed by atoms with van der Waals surface area (Å²) in [5.74, 6) is -0.741. The van der Waals surface area contributed by atoms with E-state index < -0.39 is 18.0 Å². The van der Waals surface area contributed by atoms with Crippen molar-refractivity contribution in [2.75, 3.05) is 26.0 Å². The molecule has 8 heteroatoms. The highest BCUT2D eigenvalue weighted by atomic mass is 32.2. The van der Waals surface area contributed by atoms with Gasteiger partial charge in [0.05, 0.1) is 17.3 Å². The molecule has 0 saturated carbocycles. The van der Waals surface area contributed by atoms with E-state index in [1.807, 2.05) is 48.7 Å². The number of hydrogen-bond donors (Lipinski definition) is 2. The third-order valence-corrected chi connectivity index (χ3v) is 6.30. The van der Waals surface area contributed by atoms with Crippen LogP contribution in [0.25, 0.3) is 0 Å². The van der Waals surface area contributed by atoms with Crippen molar-refractivity contribution in [1.29, 1.82) is 0 Å². The van der Waals surface area contributed by atoms with Gasteiger partial charge in [0.15, 0.2) is 0 Å². The average Bonchev–Trinajstić information content (AvgIpc) is 3.20. The number of benzene rings is 2. The van der Waals surface area contributed by atoms with Crippen LogP contribution < -0.4 is 10.6 Å². The molecular weight excluding hydrogens is 426 g/mol. The summed E-state index contributed by atoms with van der Waals surface area (Å²) in [4.78, 5) is 40.1. The molecule has 4 rings (SSSR count). The minimum absolute atomic E-state index is 0.0116. The Bertz CT molecular complexity index is 1040. The van der Waals surface area contributed by atoms with Crippen LogP contribution >= 0.6 is 11.8 Å². The maximum Gasteiger partial charge on any atom is 0.338 e. The highest BCUT2D eigenvalue weighted by Gasteiger charge is 2.42. The molecule has 0 aromatic heterocycles. The lowest BCUT2D eigenvalue weighted by Gasteiger charge is -2.32. The number of urea groups is 1. The number of hydrogen-bond acceptors (Lipinski definition) is 5. The predicted molar refractivity (Wildman–Crippen MR) is 122 cm³/mol. The first-order chi connectivity index (χ1) is 15.6. The van der Waals surface area contributed by atoms with Gasteiger partial charge in [-0.05, 0) is 42.4 Å². The number of carbonyl (C=O) groups excluding carboxylic acids is 3. The number of cyclic esters (lactones) is 1. The van der Waals surface area contributed by atoms with E-state index in [9.17, 15) is 14.4 Å². The van der Waals surface area contributed by atoms with Crippen molar-refractivity contribution in [2.45, 2.75) is 23.8 Å². The van der Waals surface area contributed by atoms with Crippen LogP contribution in [0.5, 0.6) is 0 Å². The van der Waals surface area contributed by atoms with E-state index in [2.05, 4.69) is 22.8 Å². The van der Waals surface area contributed by atoms with E-state index in [0.29, 0.717) is 17.8 Å². The smallest absolute Gasteiger partial charge is 0.338 e. The molecule has 0 bridgehead atoms. The lowest BCUT2D eigenvalue weighted by molar-refractivity contribution is -0.136. The fraction of sp³-hybridized carbons (Fsp3) is 0.292. The van der Waals surface area contributed by atoms with Crippen molar-refractivity contribution in [3.63, 3.8) is 0 Å². The minimum atomic E-state index is -0.589. The summed E-state index contributed by atoms with van der Waals surface area (Å²) >= 11 is 1.61. The summed E-state index contributed by atoms with van der Waals surface area (Å²) < 4.78 is 5.22. The Balaban J connectivity index is 1.41. The van der Waals surface area contributed by atoms with Crippen LogP contribution in [0.4, 0.5) is 4.79 Å². The molecule has 166 valence electrons. The number of rotatable bonds is 8. The second-order valence-electron chi connectivity index (χ2n) is 7.62. The highest BCUT2D eigenvalue weighted by Crippen LogP contribution is 2.35. The molecule has 2 heterocycles. The number of thioether (sulfide) groups is 1. The summed E-state index contributed by atoms with van der Waals surface area (Å²) in [5, 5.41) is 5.71. The Morgan fingerprint density at radius 2 is 1.91 bits per heavy atom. The molecule has 3 amide bonds. The molecule has 0 spiro atoms. The minimum Gasteiger partial charge on any atom is -0.456 e. The number of aryl methyl sites for hydroxylation is 1. The van der Waals surface area contributed by atoms with Crippen LogP contribution in [0, 0.1) is 0 Å². The second-order valence-corrected chi connectivity index (χ2v) is 8.50. The Labute approximate surface area is 191 Å². The lowest BCUT2D eigenvalue weighted by atomic mass is 9.96. The molecule has 0 radical (unpaired) electrons. The van der Waals surface area contributed by atoms with Crippen molar-refractivity contribution in [2.24, 2.45) is 0 Å². The van der Waals surface area contributed by atoms with Gasteiger partial charge in [0, 0.05) is 11.4 Å². The Morgan fingerprint density at radius 1 is 1.16 bits per heavy atom. The van der Waals surface area contributed by atoms with Crippen molar-refractivity contribution in [3.8, 4) is 0 Å². The first-order valence-corrected chi connectivity index (χ1v) is 11.7. The average molecular weight is 452 g/mol. The van der Waals surface area contributed by atoms with Gasteiger partial charge in [-0.3, -0.25) is 9.69 Å². The van der Waals surface area contributed by atoms with Crippen molar-refractivity contribution in [1.82, 2.24) is 15.5 Å². The maximum absolute atomic E-state index is 12.8.